The molecule has 3 heteroatoms. The van der Waals surface area contributed by atoms with E-state index in [4.69, 9.17) is 4.74 Å². The maximum absolute atomic E-state index is 5.84. The van der Waals surface area contributed by atoms with Gasteiger partial charge in [-0.15, -0.1) is 0 Å². The number of benzene rings is 6. The van der Waals surface area contributed by atoms with Crippen LogP contribution in [0.4, 0.5) is 11.4 Å². The van der Waals surface area contributed by atoms with E-state index in [1.54, 1.807) is 7.11 Å². The number of ether oxygens (including phenoxy) is 1. The first-order chi connectivity index (χ1) is 24.9. The molecule has 8 rings (SSSR count). The molecule has 0 saturated carbocycles. The maximum Gasteiger partial charge on any atom is 0.210 e. The van der Waals surface area contributed by atoms with E-state index in [1.165, 1.54) is 61.4 Å². The van der Waals surface area contributed by atoms with Gasteiger partial charge >= 0.3 is 0 Å². The van der Waals surface area contributed by atoms with Crippen LogP contribution in [0.1, 0.15) is 34.7 Å². The van der Waals surface area contributed by atoms with E-state index < -0.39 is 0 Å². The van der Waals surface area contributed by atoms with Crippen LogP contribution in [-0.4, -0.2) is 31.5 Å². The van der Waals surface area contributed by atoms with Crippen molar-refractivity contribution in [2.75, 3.05) is 26.1 Å². The summed E-state index contributed by atoms with van der Waals surface area (Å²) in [5, 5.41) is 2.61. The summed E-state index contributed by atoms with van der Waals surface area (Å²) >= 11 is 0. The van der Waals surface area contributed by atoms with Gasteiger partial charge in [-0.1, -0.05) is 121 Å². The average molecular weight is 666 g/mol. The lowest BCUT2D eigenvalue weighted by Gasteiger charge is -2.33. The molecule has 252 valence electrons. The van der Waals surface area contributed by atoms with Crippen molar-refractivity contribution in [2.45, 2.75) is 37.0 Å². The molecule has 0 bridgehead atoms. The molecule has 2 heterocycles. The molecule has 51 heavy (non-hydrogen) atoms. The van der Waals surface area contributed by atoms with Gasteiger partial charge in [-0.25, -0.2) is 0 Å². The third-order valence-electron chi connectivity index (χ3n) is 11.3. The summed E-state index contributed by atoms with van der Waals surface area (Å²) in [6.07, 6.45) is 9.70. The van der Waals surface area contributed by atoms with Gasteiger partial charge < -0.3 is 9.64 Å². The Kier molecular flexibility index (Phi) is 8.44. The Morgan fingerprint density at radius 3 is 1.90 bits per heavy atom. The summed E-state index contributed by atoms with van der Waals surface area (Å²) in [6.45, 7) is 2.43. The van der Waals surface area contributed by atoms with Gasteiger partial charge in [-0.2, -0.15) is 4.58 Å². The minimum atomic E-state index is -0.315. The lowest BCUT2D eigenvalue weighted by atomic mass is 9.70. The lowest BCUT2D eigenvalue weighted by Crippen LogP contribution is -2.35. The van der Waals surface area contributed by atoms with E-state index in [-0.39, 0.29) is 10.8 Å². The van der Waals surface area contributed by atoms with Crippen LogP contribution in [0.5, 0.6) is 5.75 Å². The van der Waals surface area contributed by atoms with E-state index in [9.17, 15) is 0 Å². The highest BCUT2D eigenvalue weighted by atomic mass is 16.5. The predicted molar refractivity (Wildman–Crippen MR) is 213 cm³/mol. The second-order valence-electron chi connectivity index (χ2n) is 14.4. The first-order valence-corrected chi connectivity index (χ1v) is 18.0. The van der Waals surface area contributed by atoms with Crippen LogP contribution in [-0.2, 0) is 30.1 Å². The van der Waals surface area contributed by atoms with Crippen molar-refractivity contribution in [1.82, 2.24) is 0 Å². The predicted octanol–water partition coefficient (Wildman–Crippen LogP) is 10.4. The second-order valence-corrected chi connectivity index (χ2v) is 14.4. The van der Waals surface area contributed by atoms with Crippen molar-refractivity contribution >= 4 is 27.9 Å². The minimum absolute atomic E-state index is 0.232. The Bertz CT molecular complexity index is 2260. The molecular weight excluding hydrogens is 621 g/mol. The van der Waals surface area contributed by atoms with Gasteiger partial charge in [-0.05, 0) is 89.6 Å². The van der Waals surface area contributed by atoms with Crippen molar-refractivity contribution in [3.63, 3.8) is 0 Å². The summed E-state index contributed by atoms with van der Waals surface area (Å²) in [5.74, 6) is 0.884. The number of hydrogen-bond donors (Lipinski definition) is 0. The van der Waals surface area contributed by atoms with E-state index in [1.807, 2.05) is 0 Å². The number of likely N-dealkylation sites (N-methyl/N-ethyl adjacent to an activating group) is 1. The van der Waals surface area contributed by atoms with Crippen molar-refractivity contribution in [1.29, 1.82) is 0 Å². The lowest BCUT2D eigenvalue weighted by molar-refractivity contribution is -0.401. The van der Waals surface area contributed by atoms with Crippen LogP contribution in [0.15, 0.2) is 170 Å². The summed E-state index contributed by atoms with van der Waals surface area (Å²) in [6, 6.07) is 52.8. The third kappa shape index (κ3) is 5.67. The van der Waals surface area contributed by atoms with Gasteiger partial charge in [0.1, 0.15) is 12.8 Å². The van der Waals surface area contributed by atoms with Crippen molar-refractivity contribution in [2.24, 2.45) is 0 Å². The summed E-state index contributed by atoms with van der Waals surface area (Å²) in [5.41, 5.74) is 11.2. The fourth-order valence-electron chi connectivity index (χ4n) is 8.96. The van der Waals surface area contributed by atoms with E-state index in [0.29, 0.717) is 0 Å². The maximum atomic E-state index is 5.84. The second kappa shape index (κ2) is 13.2. The van der Waals surface area contributed by atoms with E-state index in [0.717, 1.165) is 25.0 Å². The van der Waals surface area contributed by atoms with Crippen molar-refractivity contribution < 1.29 is 9.31 Å². The summed E-state index contributed by atoms with van der Waals surface area (Å²) in [4.78, 5) is 2.40. The van der Waals surface area contributed by atoms with Gasteiger partial charge in [-0.3, -0.25) is 0 Å². The molecule has 0 N–H and O–H groups in total. The molecular formula is C48H45N2O+. The zero-order chi connectivity index (χ0) is 35.0. The molecule has 6 aromatic carbocycles. The molecule has 0 aliphatic carbocycles. The fourth-order valence-corrected chi connectivity index (χ4v) is 8.96. The molecule has 0 amide bonds. The Morgan fingerprint density at radius 1 is 0.686 bits per heavy atom. The third-order valence-corrected chi connectivity index (χ3v) is 11.3. The van der Waals surface area contributed by atoms with Crippen LogP contribution in [0, 0.1) is 0 Å². The van der Waals surface area contributed by atoms with Crippen LogP contribution < -0.4 is 9.64 Å². The van der Waals surface area contributed by atoms with Gasteiger partial charge in [0.25, 0.3) is 0 Å². The molecule has 0 radical (unpaired) electrons. The molecule has 1 unspecified atom stereocenters. The van der Waals surface area contributed by atoms with Crippen molar-refractivity contribution in [3.05, 3.63) is 197 Å². The van der Waals surface area contributed by atoms with Crippen LogP contribution in [0.3, 0.4) is 0 Å². The largest absolute Gasteiger partial charge is 0.497 e. The molecule has 6 aromatic rings. The number of allylic oxidation sites excluding steroid dienone is 4. The topological polar surface area (TPSA) is 15.5 Å². The molecule has 3 nitrogen and oxygen atoms in total. The standard InChI is InChI=1S/C48H45N2O/c1-47(32-35-17-8-5-9-18-35)44(50(3)43-29-27-38-23-14-15-24-40(38)46(43)47)25-16-26-45-48(33-36-19-10-6-11-20-36,34-37-21-12-7-13-22-37)41-31-39(51-4)28-30-42(41)49(45)2/h5-31H,32-34H2,1-4H3/q+1. The first kappa shape index (κ1) is 32.5. The fraction of sp³-hybridized carbons (Fsp3) is 0.188. The zero-order valence-electron chi connectivity index (χ0n) is 30.0. The minimum Gasteiger partial charge on any atom is -0.497 e. The Hall–Kier alpha value is -5.67. The SMILES string of the molecule is COc1ccc2c(c1)C(Cc1ccccc1)(Cc1ccccc1)/C(=C\C=C\C1=[N+](C)c3ccc4ccccc4c3C1(C)Cc1ccccc1)N2C. The molecule has 1 atom stereocenters. The van der Waals surface area contributed by atoms with E-state index in [2.05, 4.69) is 194 Å². The number of hydrogen-bond acceptors (Lipinski definition) is 2. The quantitative estimate of drug-likeness (QED) is 0.143. The monoisotopic (exact) mass is 665 g/mol. The smallest absolute Gasteiger partial charge is 0.210 e. The molecule has 0 saturated heterocycles. The Balaban J connectivity index is 1.29. The van der Waals surface area contributed by atoms with E-state index >= 15 is 0 Å². The number of rotatable bonds is 9. The summed E-state index contributed by atoms with van der Waals surface area (Å²) < 4.78 is 8.25. The number of anilines is 1. The first-order valence-electron chi connectivity index (χ1n) is 18.0. The van der Waals surface area contributed by atoms with Gasteiger partial charge in [0, 0.05) is 41.6 Å². The van der Waals surface area contributed by atoms with Crippen LogP contribution in [0.25, 0.3) is 10.8 Å². The molecule has 0 aromatic heterocycles. The molecule has 2 aliphatic rings. The van der Waals surface area contributed by atoms with Crippen molar-refractivity contribution in [3.8, 4) is 5.75 Å². The Morgan fingerprint density at radius 2 is 1.27 bits per heavy atom. The normalized spacial score (nSPS) is 18.5. The van der Waals surface area contributed by atoms with Gasteiger partial charge in [0.15, 0.2) is 5.71 Å². The van der Waals surface area contributed by atoms with Crippen LogP contribution in [0.2, 0.25) is 0 Å². The van der Waals surface area contributed by atoms with Crippen LogP contribution >= 0.6 is 0 Å². The number of nitrogens with zero attached hydrogens (tertiary/aromatic N) is 2. The number of methoxy groups -OCH3 is 1. The molecule has 0 spiro atoms. The average Bonchev–Trinajstić information content (AvgIpc) is 3.51. The number of fused-ring (bicyclic) bond motifs is 4. The summed E-state index contributed by atoms with van der Waals surface area (Å²) in [7, 11) is 6.22. The Labute approximate surface area is 302 Å². The van der Waals surface area contributed by atoms with Gasteiger partial charge in [0.2, 0.25) is 5.69 Å². The highest BCUT2D eigenvalue weighted by Crippen LogP contribution is 2.52. The highest BCUT2D eigenvalue weighted by Gasteiger charge is 2.49. The highest BCUT2D eigenvalue weighted by molar-refractivity contribution is 6.08. The van der Waals surface area contributed by atoms with Gasteiger partial charge in [0.05, 0.1) is 12.5 Å². The molecule has 0 fully saturated rings. The molecule has 2 aliphatic heterocycles. The zero-order valence-corrected chi connectivity index (χ0v) is 30.0.